The fraction of sp³-hybridized carbons (Fsp3) is 0.333. The Kier molecular flexibility index (Phi) is 2.44. The summed E-state index contributed by atoms with van der Waals surface area (Å²) in [5.74, 6) is 0. The lowest BCUT2D eigenvalue weighted by atomic mass is 10.0. The summed E-state index contributed by atoms with van der Waals surface area (Å²) in [6.45, 7) is 4.13. The Morgan fingerprint density at radius 1 is 1.21 bits per heavy atom. The Balaban J connectivity index is 2.06. The van der Waals surface area contributed by atoms with Crippen LogP contribution in [-0.2, 0) is 6.42 Å². The van der Waals surface area contributed by atoms with E-state index in [0.29, 0.717) is 0 Å². The van der Waals surface area contributed by atoms with Crippen molar-refractivity contribution in [3.63, 3.8) is 0 Å². The minimum atomic E-state index is 0.933. The van der Waals surface area contributed by atoms with Crippen molar-refractivity contribution in [2.45, 2.75) is 26.7 Å². The van der Waals surface area contributed by atoms with Gasteiger partial charge in [0.25, 0.3) is 0 Å². The predicted octanol–water partition coefficient (Wildman–Crippen LogP) is 2.76. The molecule has 1 aliphatic rings. The van der Waals surface area contributed by atoms with Gasteiger partial charge in [-0.25, -0.2) is 0 Å². The molecular weight excluding hydrogens is 172 g/mol. The Labute approximate surface area is 84.4 Å². The number of aryl methyl sites for hydroxylation is 1. The van der Waals surface area contributed by atoms with Crippen LogP contribution in [0.2, 0.25) is 0 Å². The van der Waals surface area contributed by atoms with Gasteiger partial charge >= 0.3 is 0 Å². The van der Waals surface area contributed by atoms with Gasteiger partial charge in [-0.1, -0.05) is 29.8 Å². The van der Waals surface area contributed by atoms with Crippen LogP contribution in [0.4, 0.5) is 0 Å². The zero-order chi connectivity index (χ0) is 9.97. The molecule has 0 bridgehead atoms. The molecule has 72 valence electrons. The maximum atomic E-state index is 4.15. The first-order valence-electron chi connectivity index (χ1n) is 4.88. The third kappa shape index (κ3) is 2.08. The molecule has 2 nitrogen and oxygen atoms in total. The van der Waals surface area contributed by atoms with Crippen LogP contribution >= 0.6 is 0 Å². The Bertz CT molecular complexity index is 403. The summed E-state index contributed by atoms with van der Waals surface area (Å²) < 4.78 is 0. The minimum absolute atomic E-state index is 0.933. The van der Waals surface area contributed by atoms with E-state index in [-0.39, 0.29) is 0 Å². The molecule has 0 spiro atoms. The zero-order valence-corrected chi connectivity index (χ0v) is 8.62. The fourth-order valence-electron chi connectivity index (χ4n) is 1.68. The Morgan fingerprint density at radius 2 is 2.07 bits per heavy atom. The number of hydrogen-bond donors (Lipinski definition) is 0. The van der Waals surface area contributed by atoms with Crippen LogP contribution in [0, 0.1) is 6.92 Å². The maximum absolute atomic E-state index is 4.15. The van der Waals surface area contributed by atoms with Crippen LogP contribution in [0.5, 0.6) is 0 Å². The summed E-state index contributed by atoms with van der Waals surface area (Å²) in [7, 11) is 0. The molecule has 1 aliphatic heterocycles. The smallest absolute Gasteiger partial charge is 0.0506 e. The summed E-state index contributed by atoms with van der Waals surface area (Å²) in [6.07, 6.45) is 1.87. The van der Waals surface area contributed by atoms with E-state index >= 15 is 0 Å². The summed E-state index contributed by atoms with van der Waals surface area (Å²) in [5.41, 5.74) is 4.92. The van der Waals surface area contributed by atoms with Crippen LogP contribution in [0.3, 0.4) is 0 Å². The zero-order valence-electron chi connectivity index (χ0n) is 8.62. The topological polar surface area (TPSA) is 24.7 Å². The highest BCUT2D eigenvalue weighted by Gasteiger charge is 2.08. The van der Waals surface area contributed by atoms with Crippen LogP contribution in [0.25, 0.3) is 0 Å². The van der Waals surface area contributed by atoms with E-state index in [1.54, 1.807) is 0 Å². The van der Waals surface area contributed by atoms with Gasteiger partial charge in [0.05, 0.1) is 5.71 Å². The van der Waals surface area contributed by atoms with Gasteiger partial charge in [-0.3, -0.25) is 0 Å². The molecule has 0 amide bonds. The normalized spacial score (nSPS) is 15.3. The van der Waals surface area contributed by atoms with E-state index in [0.717, 1.165) is 18.6 Å². The molecule has 1 aromatic rings. The molecule has 0 atom stereocenters. The molecular formula is C12H14N2. The molecule has 0 aromatic heterocycles. The standard InChI is InChI=1S/C12H14N2/c1-9-4-3-5-11(6-9)8-12-7-10(2)13-14-12/h3-6H,7-8H2,1-2H3. The highest BCUT2D eigenvalue weighted by Crippen LogP contribution is 2.10. The molecule has 2 rings (SSSR count). The summed E-state index contributed by atoms with van der Waals surface area (Å²) in [4.78, 5) is 0. The van der Waals surface area contributed by atoms with Crippen molar-refractivity contribution < 1.29 is 0 Å². The number of hydrogen-bond acceptors (Lipinski definition) is 2. The van der Waals surface area contributed by atoms with Gasteiger partial charge in [-0.2, -0.15) is 10.2 Å². The number of rotatable bonds is 2. The summed E-state index contributed by atoms with van der Waals surface area (Å²) >= 11 is 0. The van der Waals surface area contributed by atoms with E-state index in [1.807, 2.05) is 6.92 Å². The highest BCUT2D eigenvalue weighted by molar-refractivity contribution is 6.07. The van der Waals surface area contributed by atoms with E-state index in [9.17, 15) is 0 Å². The second kappa shape index (κ2) is 3.74. The fourth-order valence-corrected chi connectivity index (χ4v) is 1.68. The first-order chi connectivity index (χ1) is 6.74. The van der Waals surface area contributed by atoms with Crippen molar-refractivity contribution >= 4 is 11.4 Å². The minimum Gasteiger partial charge on any atom is -0.160 e. The largest absolute Gasteiger partial charge is 0.160 e. The van der Waals surface area contributed by atoms with Gasteiger partial charge in [-0.05, 0) is 19.4 Å². The van der Waals surface area contributed by atoms with Crippen molar-refractivity contribution in [2.75, 3.05) is 0 Å². The molecule has 14 heavy (non-hydrogen) atoms. The molecule has 0 aliphatic carbocycles. The van der Waals surface area contributed by atoms with Crippen molar-refractivity contribution in [3.8, 4) is 0 Å². The van der Waals surface area contributed by atoms with E-state index in [4.69, 9.17) is 0 Å². The maximum Gasteiger partial charge on any atom is 0.0506 e. The van der Waals surface area contributed by atoms with Crippen molar-refractivity contribution in [1.82, 2.24) is 0 Å². The van der Waals surface area contributed by atoms with Gasteiger partial charge in [0.15, 0.2) is 0 Å². The third-order valence-electron chi connectivity index (χ3n) is 2.31. The lowest BCUT2D eigenvalue weighted by Crippen LogP contribution is -2.03. The molecule has 0 saturated heterocycles. The first-order valence-corrected chi connectivity index (χ1v) is 4.88. The van der Waals surface area contributed by atoms with Gasteiger partial charge in [0, 0.05) is 18.6 Å². The van der Waals surface area contributed by atoms with Gasteiger partial charge in [0.1, 0.15) is 0 Å². The van der Waals surface area contributed by atoms with Crippen molar-refractivity contribution in [1.29, 1.82) is 0 Å². The van der Waals surface area contributed by atoms with Gasteiger partial charge in [0.2, 0.25) is 0 Å². The predicted molar refractivity (Wildman–Crippen MR) is 60.0 cm³/mol. The van der Waals surface area contributed by atoms with Crippen LogP contribution in [0.15, 0.2) is 34.5 Å². The SMILES string of the molecule is CC1=NN=C(Cc2cccc(C)c2)C1. The van der Waals surface area contributed by atoms with Crippen LogP contribution in [0.1, 0.15) is 24.5 Å². The molecule has 0 fully saturated rings. The quantitative estimate of drug-likeness (QED) is 0.678. The lowest BCUT2D eigenvalue weighted by Gasteiger charge is -2.01. The van der Waals surface area contributed by atoms with Gasteiger partial charge in [-0.15, -0.1) is 0 Å². The Morgan fingerprint density at radius 3 is 2.71 bits per heavy atom. The number of benzene rings is 1. The molecule has 1 aromatic carbocycles. The van der Waals surface area contributed by atoms with Crippen molar-refractivity contribution in [2.24, 2.45) is 10.2 Å². The van der Waals surface area contributed by atoms with E-state index in [1.165, 1.54) is 16.8 Å². The lowest BCUT2D eigenvalue weighted by molar-refractivity contribution is 1.21. The average Bonchev–Trinajstić information content (AvgIpc) is 2.51. The molecule has 0 radical (unpaired) electrons. The summed E-state index contributed by atoms with van der Waals surface area (Å²) in [6, 6.07) is 8.55. The average molecular weight is 186 g/mol. The van der Waals surface area contributed by atoms with E-state index < -0.39 is 0 Å². The van der Waals surface area contributed by atoms with Crippen molar-refractivity contribution in [3.05, 3.63) is 35.4 Å². The van der Waals surface area contributed by atoms with Crippen LogP contribution in [-0.4, -0.2) is 11.4 Å². The number of nitrogens with zero attached hydrogens (tertiary/aromatic N) is 2. The van der Waals surface area contributed by atoms with Crippen LogP contribution < -0.4 is 0 Å². The highest BCUT2D eigenvalue weighted by atomic mass is 15.2. The molecule has 0 N–H and O–H groups in total. The van der Waals surface area contributed by atoms with Gasteiger partial charge < -0.3 is 0 Å². The monoisotopic (exact) mass is 186 g/mol. The Hall–Kier alpha value is -1.44. The molecule has 2 heteroatoms. The summed E-state index contributed by atoms with van der Waals surface area (Å²) in [5, 5.41) is 8.19. The second-order valence-electron chi connectivity index (χ2n) is 3.84. The molecule has 0 unspecified atom stereocenters. The first kappa shape index (κ1) is 9.13. The third-order valence-corrected chi connectivity index (χ3v) is 2.31. The molecule has 1 heterocycles. The van der Waals surface area contributed by atoms with E-state index in [2.05, 4.69) is 41.4 Å². The second-order valence-corrected chi connectivity index (χ2v) is 3.84. The molecule has 0 saturated carbocycles.